The summed E-state index contributed by atoms with van der Waals surface area (Å²) >= 11 is 0. The summed E-state index contributed by atoms with van der Waals surface area (Å²) in [5.74, 6) is 0.347. The van der Waals surface area contributed by atoms with Crippen molar-refractivity contribution in [1.29, 1.82) is 0 Å². The summed E-state index contributed by atoms with van der Waals surface area (Å²) in [5, 5.41) is 12.8. The van der Waals surface area contributed by atoms with Gasteiger partial charge in [-0.3, -0.25) is 4.90 Å². The van der Waals surface area contributed by atoms with E-state index in [4.69, 9.17) is 0 Å². The molecule has 1 aliphatic heterocycles. The van der Waals surface area contributed by atoms with Gasteiger partial charge in [-0.15, -0.1) is 0 Å². The molecule has 0 aromatic heterocycles. The molecule has 0 bridgehead atoms. The van der Waals surface area contributed by atoms with Crippen molar-refractivity contribution in [2.45, 2.75) is 32.4 Å². The van der Waals surface area contributed by atoms with E-state index >= 15 is 0 Å². The summed E-state index contributed by atoms with van der Waals surface area (Å²) < 4.78 is 0. The van der Waals surface area contributed by atoms with Crippen molar-refractivity contribution in [1.82, 2.24) is 10.2 Å². The molecule has 1 saturated heterocycles. The summed E-state index contributed by atoms with van der Waals surface area (Å²) in [6, 6.07) is 8.25. The average molecular weight is 234 g/mol. The number of likely N-dealkylation sites (tertiary alicyclic amines) is 1. The number of hydrogen-bond donors (Lipinski definition) is 2. The van der Waals surface area contributed by atoms with Gasteiger partial charge in [0.1, 0.15) is 5.75 Å². The number of piperidine rings is 1. The number of aromatic hydroxyl groups is 1. The zero-order valence-corrected chi connectivity index (χ0v) is 10.5. The third-order valence-electron chi connectivity index (χ3n) is 3.42. The van der Waals surface area contributed by atoms with Crippen LogP contribution in [-0.2, 0) is 6.54 Å². The van der Waals surface area contributed by atoms with Crippen LogP contribution in [0.1, 0.15) is 25.3 Å². The van der Waals surface area contributed by atoms with Gasteiger partial charge in [-0.1, -0.05) is 19.1 Å². The van der Waals surface area contributed by atoms with E-state index in [0.717, 1.165) is 13.1 Å². The Morgan fingerprint density at radius 1 is 1.24 bits per heavy atom. The minimum absolute atomic E-state index is 0.347. The van der Waals surface area contributed by atoms with Crippen LogP contribution in [0, 0.1) is 0 Å². The van der Waals surface area contributed by atoms with Crippen LogP contribution in [0.2, 0.25) is 0 Å². The largest absolute Gasteiger partial charge is 0.508 e. The molecule has 0 saturated carbocycles. The highest BCUT2D eigenvalue weighted by atomic mass is 16.3. The third-order valence-corrected chi connectivity index (χ3v) is 3.42. The minimum atomic E-state index is 0.347. The van der Waals surface area contributed by atoms with E-state index in [2.05, 4.69) is 17.1 Å². The van der Waals surface area contributed by atoms with Crippen LogP contribution in [0.5, 0.6) is 5.75 Å². The summed E-state index contributed by atoms with van der Waals surface area (Å²) in [7, 11) is 0. The van der Waals surface area contributed by atoms with E-state index in [-0.39, 0.29) is 0 Å². The summed E-state index contributed by atoms with van der Waals surface area (Å²) in [6.07, 6.45) is 2.48. The monoisotopic (exact) mass is 234 g/mol. The first-order chi connectivity index (χ1) is 8.28. The van der Waals surface area contributed by atoms with Gasteiger partial charge in [-0.05, 0) is 50.2 Å². The van der Waals surface area contributed by atoms with E-state index in [0.29, 0.717) is 11.8 Å². The fourth-order valence-corrected chi connectivity index (χ4v) is 2.44. The van der Waals surface area contributed by atoms with Crippen LogP contribution >= 0.6 is 0 Å². The van der Waals surface area contributed by atoms with Crippen LogP contribution in [0.4, 0.5) is 0 Å². The molecule has 1 aliphatic rings. The van der Waals surface area contributed by atoms with Gasteiger partial charge in [0.15, 0.2) is 0 Å². The Labute approximate surface area is 103 Å². The molecule has 3 nitrogen and oxygen atoms in total. The first kappa shape index (κ1) is 12.4. The van der Waals surface area contributed by atoms with E-state index in [1.54, 1.807) is 12.1 Å². The van der Waals surface area contributed by atoms with Crippen molar-refractivity contribution in [2.75, 3.05) is 19.6 Å². The van der Waals surface area contributed by atoms with Crippen LogP contribution in [-0.4, -0.2) is 35.7 Å². The Kier molecular flexibility index (Phi) is 4.40. The molecule has 0 amide bonds. The van der Waals surface area contributed by atoms with Crippen LogP contribution in [0.3, 0.4) is 0 Å². The normalized spacial score (nSPS) is 18.4. The summed E-state index contributed by atoms with van der Waals surface area (Å²) in [4.78, 5) is 2.49. The smallest absolute Gasteiger partial charge is 0.115 e. The van der Waals surface area contributed by atoms with Gasteiger partial charge in [-0.2, -0.15) is 0 Å². The topological polar surface area (TPSA) is 35.5 Å². The quantitative estimate of drug-likeness (QED) is 0.836. The van der Waals surface area contributed by atoms with Gasteiger partial charge < -0.3 is 10.4 Å². The second kappa shape index (κ2) is 6.03. The highest BCUT2D eigenvalue weighted by molar-refractivity contribution is 5.25. The highest BCUT2D eigenvalue weighted by Gasteiger charge is 2.17. The molecule has 0 radical (unpaired) electrons. The molecule has 1 heterocycles. The van der Waals surface area contributed by atoms with Crippen molar-refractivity contribution in [2.24, 2.45) is 0 Å². The third kappa shape index (κ3) is 3.72. The number of benzene rings is 1. The zero-order valence-electron chi connectivity index (χ0n) is 10.5. The zero-order chi connectivity index (χ0) is 12.1. The molecule has 0 atom stereocenters. The first-order valence-electron chi connectivity index (χ1n) is 6.51. The van der Waals surface area contributed by atoms with Crippen molar-refractivity contribution in [3.8, 4) is 5.75 Å². The molecular formula is C14H22N2O. The second-order valence-corrected chi connectivity index (χ2v) is 4.77. The van der Waals surface area contributed by atoms with Crippen molar-refractivity contribution in [3.05, 3.63) is 29.8 Å². The van der Waals surface area contributed by atoms with Gasteiger partial charge in [0, 0.05) is 12.6 Å². The molecule has 0 aliphatic carbocycles. The number of nitrogens with zero attached hydrogens (tertiary/aromatic N) is 1. The maximum atomic E-state index is 9.23. The lowest BCUT2D eigenvalue weighted by Crippen LogP contribution is -2.42. The Morgan fingerprint density at radius 2 is 1.88 bits per heavy atom. The van der Waals surface area contributed by atoms with Gasteiger partial charge in [-0.25, -0.2) is 0 Å². The van der Waals surface area contributed by atoms with E-state index in [9.17, 15) is 5.11 Å². The lowest BCUT2D eigenvalue weighted by atomic mass is 10.0. The van der Waals surface area contributed by atoms with Crippen LogP contribution in [0.15, 0.2) is 24.3 Å². The maximum absolute atomic E-state index is 9.23. The molecule has 0 unspecified atom stereocenters. The molecule has 1 aromatic rings. The molecule has 3 heteroatoms. The van der Waals surface area contributed by atoms with E-state index < -0.39 is 0 Å². The molecule has 1 fully saturated rings. The molecule has 17 heavy (non-hydrogen) atoms. The Bertz CT molecular complexity index is 329. The van der Waals surface area contributed by atoms with Crippen LogP contribution < -0.4 is 5.32 Å². The number of nitrogens with one attached hydrogen (secondary N) is 1. The molecule has 2 N–H and O–H groups in total. The fourth-order valence-electron chi connectivity index (χ4n) is 2.44. The SMILES string of the molecule is CCNC1CCN(Cc2ccc(O)cc2)CC1. The predicted octanol–water partition coefficient (Wildman–Crippen LogP) is 1.97. The molecular weight excluding hydrogens is 212 g/mol. The minimum Gasteiger partial charge on any atom is -0.508 e. The summed E-state index contributed by atoms with van der Waals surface area (Å²) in [6.45, 7) is 6.57. The lowest BCUT2D eigenvalue weighted by molar-refractivity contribution is 0.192. The maximum Gasteiger partial charge on any atom is 0.115 e. The van der Waals surface area contributed by atoms with Crippen molar-refractivity contribution in [3.63, 3.8) is 0 Å². The highest BCUT2D eigenvalue weighted by Crippen LogP contribution is 2.15. The first-order valence-corrected chi connectivity index (χ1v) is 6.51. The predicted molar refractivity (Wildman–Crippen MR) is 70.1 cm³/mol. The van der Waals surface area contributed by atoms with Gasteiger partial charge in [0.05, 0.1) is 0 Å². The van der Waals surface area contributed by atoms with Crippen molar-refractivity contribution < 1.29 is 5.11 Å². The van der Waals surface area contributed by atoms with Gasteiger partial charge >= 0.3 is 0 Å². The fraction of sp³-hybridized carbons (Fsp3) is 0.571. The van der Waals surface area contributed by atoms with Crippen LogP contribution in [0.25, 0.3) is 0 Å². The number of rotatable bonds is 4. The lowest BCUT2D eigenvalue weighted by Gasteiger charge is -2.32. The van der Waals surface area contributed by atoms with Gasteiger partial charge in [0.25, 0.3) is 0 Å². The van der Waals surface area contributed by atoms with E-state index in [1.807, 2.05) is 12.1 Å². The van der Waals surface area contributed by atoms with Gasteiger partial charge in [0.2, 0.25) is 0 Å². The van der Waals surface area contributed by atoms with E-state index in [1.165, 1.54) is 31.5 Å². The average Bonchev–Trinajstić information content (AvgIpc) is 2.35. The molecule has 2 rings (SSSR count). The Morgan fingerprint density at radius 3 is 2.47 bits per heavy atom. The molecule has 0 spiro atoms. The second-order valence-electron chi connectivity index (χ2n) is 4.77. The Balaban J connectivity index is 1.79. The molecule has 1 aromatic carbocycles. The van der Waals surface area contributed by atoms with Crippen molar-refractivity contribution >= 4 is 0 Å². The standard InChI is InChI=1S/C14H22N2O/c1-2-15-13-7-9-16(10-8-13)11-12-3-5-14(17)6-4-12/h3-6,13,15,17H,2,7-11H2,1H3. The number of phenols is 1. The number of hydrogen-bond acceptors (Lipinski definition) is 3. The Hall–Kier alpha value is -1.06. The molecule has 94 valence electrons. The number of phenolic OH excluding ortho intramolecular Hbond substituents is 1. The summed E-state index contributed by atoms with van der Waals surface area (Å²) in [5.41, 5.74) is 1.28.